The number of nitrogens with zero attached hydrogens (tertiary/aromatic N) is 4. The van der Waals surface area contributed by atoms with Gasteiger partial charge in [-0.05, 0) is 66.2 Å². The van der Waals surface area contributed by atoms with Crippen LogP contribution in [0.2, 0.25) is 0 Å². The Balaban J connectivity index is 1.53. The average Bonchev–Trinajstić information content (AvgIpc) is 3.31. The molecule has 35 heavy (non-hydrogen) atoms. The Morgan fingerprint density at radius 2 is 1.71 bits per heavy atom. The fraction of sp³-hybridized carbons (Fsp3) is 0.120. The number of rotatable bonds is 9. The summed E-state index contributed by atoms with van der Waals surface area (Å²) in [7, 11) is 3.21. The Bertz CT molecular complexity index is 1320. The minimum absolute atomic E-state index is 0.0530. The molecule has 0 radical (unpaired) electrons. The summed E-state index contributed by atoms with van der Waals surface area (Å²) >= 11 is 1.22. The quantitative estimate of drug-likeness (QED) is 0.213. The lowest BCUT2D eigenvalue weighted by Crippen LogP contribution is -2.20. The van der Waals surface area contributed by atoms with Crippen molar-refractivity contribution in [2.45, 2.75) is 5.16 Å². The topological polar surface area (TPSA) is 90.6 Å². The van der Waals surface area contributed by atoms with E-state index in [9.17, 15) is 9.18 Å². The van der Waals surface area contributed by atoms with Crippen LogP contribution in [0, 0.1) is 5.82 Å². The number of thioether (sulfide) groups is 1. The van der Waals surface area contributed by atoms with Crippen LogP contribution < -0.4 is 14.9 Å². The van der Waals surface area contributed by atoms with Crippen LogP contribution in [-0.2, 0) is 4.79 Å². The lowest BCUT2D eigenvalue weighted by molar-refractivity contribution is -0.118. The Morgan fingerprint density at radius 1 is 1.03 bits per heavy atom. The molecule has 8 nitrogen and oxygen atoms in total. The van der Waals surface area contributed by atoms with Gasteiger partial charge in [-0.2, -0.15) is 5.10 Å². The maximum absolute atomic E-state index is 13.3. The van der Waals surface area contributed by atoms with Gasteiger partial charge >= 0.3 is 0 Å². The van der Waals surface area contributed by atoms with E-state index < -0.39 is 0 Å². The van der Waals surface area contributed by atoms with Gasteiger partial charge < -0.3 is 9.47 Å². The predicted molar refractivity (Wildman–Crippen MR) is 133 cm³/mol. The van der Waals surface area contributed by atoms with Gasteiger partial charge in [-0.3, -0.25) is 9.36 Å². The highest BCUT2D eigenvalue weighted by molar-refractivity contribution is 7.99. The number of aromatic nitrogens is 3. The van der Waals surface area contributed by atoms with Crippen molar-refractivity contribution in [3.05, 3.63) is 84.2 Å². The number of halogens is 1. The molecule has 0 saturated carbocycles. The molecule has 10 heteroatoms. The Labute approximate surface area is 205 Å². The number of methoxy groups -OCH3 is 2. The lowest BCUT2D eigenvalue weighted by Gasteiger charge is -2.11. The molecular weight excluding hydrogens is 469 g/mol. The minimum Gasteiger partial charge on any atom is -0.497 e. The van der Waals surface area contributed by atoms with Gasteiger partial charge in [0.25, 0.3) is 5.91 Å². The molecule has 3 aromatic carbocycles. The lowest BCUT2D eigenvalue weighted by atomic mass is 10.2. The van der Waals surface area contributed by atoms with Crippen LogP contribution in [0.25, 0.3) is 17.1 Å². The summed E-state index contributed by atoms with van der Waals surface area (Å²) in [5.74, 6) is 1.41. The second kappa shape index (κ2) is 11.3. The normalized spacial score (nSPS) is 10.9. The zero-order valence-corrected chi connectivity index (χ0v) is 19.8. The molecule has 0 atom stereocenters. The number of hydrazone groups is 1. The molecule has 0 unspecified atom stereocenters. The SMILES string of the molecule is COc1ccc(-c2nnc(SCC(=O)N/N=C\c3cccc(F)c3)n2-c2ccc(OC)cc2)cc1. The third kappa shape index (κ3) is 6.04. The van der Waals surface area contributed by atoms with E-state index in [4.69, 9.17) is 9.47 Å². The van der Waals surface area contributed by atoms with E-state index in [1.54, 1.807) is 26.4 Å². The van der Waals surface area contributed by atoms with Crippen LogP contribution in [0.5, 0.6) is 11.5 Å². The zero-order valence-electron chi connectivity index (χ0n) is 19.0. The molecule has 0 fully saturated rings. The largest absolute Gasteiger partial charge is 0.497 e. The third-order valence-corrected chi connectivity index (χ3v) is 5.83. The molecule has 0 aliphatic carbocycles. The van der Waals surface area contributed by atoms with E-state index in [0.29, 0.717) is 16.5 Å². The highest BCUT2D eigenvalue weighted by Gasteiger charge is 2.17. The van der Waals surface area contributed by atoms with Crippen LogP contribution in [0.1, 0.15) is 5.56 Å². The highest BCUT2D eigenvalue weighted by atomic mass is 32.2. The van der Waals surface area contributed by atoms with Gasteiger partial charge in [0.1, 0.15) is 17.3 Å². The van der Waals surface area contributed by atoms with Crippen LogP contribution in [-0.4, -0.2) is 46.9 Å². The van der Waals surface area contributed by atoms with Crippen molar-refractivity contribution < 1.29 is 18.7 Å². The highest BCUT2D eigenvalue weighted by Crippen LogP contribution is 2.29. The summed E-state index contributed by atoms with van der Waals surface area (Å²) in [5, 5.41) is 13.1. The van der Waals surface area contributed by atoms with Gasteiger partial charge in [0.2, 0.25) is 0 Å². The van der Waals surface area contributed by atoms with E-state index in [2.05, 4.69) is 20.7 Å². The number of ether oxygens (including phenoxy) is 2. The number of hydrogen-bond donors (Lipinski definition) is 1. The summed E-state index contributed by atoms with van der Waals surface area (Å²) in [5.41, 5.74) is 4.64. The molecule has 1 N–H and O–H groups in total. The smallest absolute Gasteiger partial charge is 0.250 e. The van der Waals surface area contributed by atoms with Crippen molar-refractivity contribution in [2.24, 2.45) is 5.10 Å². The van der Waals surface area contributed by atoms with Crippen molar-refractivity contribution in [1.29, 1.82) is 0 Å². The Kier molecular flexibility index (Phi) is 7.74. The first-order valence-corrected chi connectivity index (χ1v) is 11.5. The number of carbonyl (C=O) groups excluding carboxylic acids is 1. The first-order chi connectivity index (χ1) is 17.1. The number of nitrogens with one attached hydrogen (secondary N) is 1. The first-order valence-electron chi connectivity index (χ1n) is 10.5. The van der Waals surface area contributed by atoms with Gasteiger partial charge in [0.05, 0.1) is 26.2 Å². The average molecular weight is 492 g/mol. The summed E-state index contributed by atoms with van der Waals surface area (Å²) in [6, 6.07) is 20.9. The van der Waals surface area contributed by atoms with Crippen molar-refractivity contribution >= 4 is 23.9 Å². The summed E-state index contributed by atoms with van der Waals surface area (Å²) in [6.07, 6.45) is 1.38. The van der Waals surface area contributed by atoms with Gasteiger partial charge in [0, 0.05) is 11.3 Å². The molecule has 1 amide bonds. The van der Waals surface area contributed by atoms with E-state index in [1.165, 1.54) is 30.1 Å². The van der Waals surface area contributed by atoms with Crippen molar-refractivity contribution in [1.82, 2.24) is 20.2 Å². The van der Waals surface area contributed by atoms with Crippen LogP contribution >= 0.6 is 11.8 Å². The number of carbonyl (C=O) groups is 1. The molecular formula is C25H22FN5O3S. The van der Waals surface area contributed by atoms with Gasteiger partial charge in [-0.1, -0.05) is 23.9 Å². The standard InChI is InChI=1S/C25H22FN5O3S/c1-33-21-10-6-18(7-11-21)24-29-30-25(31(24)20-8-12-22(34-2)13-9-20)35-16-23(32)28-27-15-17-4-3-5-19(26)14-17/h3-15H,16H2,1-2H3,(H,28,32)/b27-15-. The van der Waals surface area contributed by atoms with Crippen molar-refractivity contribution in [3.8, 4) is 28.6 Å². The first kappa shape index (κ1) is 24.0. The van der Waals surface area contributed by atoms with E-state index >= 15 is 0 Å². The van der Waals surface area contributed by atoms with Crippen LogP contribution in [0.15, 0.2) is 83.1 Å². The second-order valence-corrected chi connectivity index (χ2v) is 8.15. The van der Waals surface area contributed by atoms with Gasteiger partial charge in [0.15, 0.2) is 11.0 Å². The maximum atomic E-state index is 13.3. The molecule has 0 aliphatic heterocycles. The number of hydrogen-bond acceptors (Lipinski definition) is 7. The molecule has 0 bridgehead atoms. The van der Waals surface area contributed by atoms with E-state index in [0.717, 1.165) is 22.7 Å². The van der Waals surface area contributed by atoms with Gasteiger partial charge in [-0.15, -0.1) is 10.2 Å². The Morgan fingerprint density at radius 3 is 2.37 bits per heavy atom. The zero-order chi connectivity index (χ0) is 24.6. The van der Waals surface area contributed by atoms with E-state index in [1.807, 2.05) is 53.1 Å². The number of benzene rings is 3. The second-order valence-electron chi connectivity index (χ2n) is 7.20. The fourth-order valence-corrected chi connectivity index (χ4v) is 3.93. The molecule has 0 aliphatic rings. The summed E-state index contributed by atoms with van der Waals surface area (Å²) in [4.78, 5) is 12.3. The molecule has 178 valence electrons. The monoisotopic (exact) mass is 491 g/mol. The molecule has 4 rings (SSSR count). The summed E-state index contributed by atoms with van der Waals surface area (Å²) in [6.45, 7) is 0. The fourth-order valence-electron chi connectivity index (χ4n) is 3.18. The van der Waals surface area contributed by atoms with Crippen LogP contribution in [0.4, 0.5) is 4.39 Å². The third-order valence-electron chi connectivity index (χ3n) is 4.90. The molecule has 0 saturated heterocycles. The van der Waals surface area contributed by atoms with Crippen molar-refractivity contribution in [3.63, 3.8) is 0 Å². The summed E-state index contributed by atoms with van der Waals surface area (Å²) < 4.78 is 25.6. The molecule has 0 spiro atoms. The molecule has 1 heterocycles. The van der Waals surface area contributed by atoms with E-state index in [-0.39, 0.29) is 17.5 Å². The molecule has 4 aromatic rings. The van der Waals surface area contributed by atoms with Crippen LogP contribution in [0.3, 0.4) is 0 Å². The predicted octanol–water partition coefficient (Wildman–Crippen LogP) is 4.33. The number of amides is 1. The van der Waals surface area contributed by atoms with Gasteiger partial charge in [-0.25, -0.2) is 9.82 Å². The minimum atomic E-state index is -0.374. The van der Waals surface area contributed by atoms with Crippen molar-refractivity contribution in [2.75, 3.05) is 20.0 Å². The Hall–Kier alpha value is -4.18. The maximum Gasteiger partial charge on any atom is 0.250 e. The molecule has 1 aromatic heterocycles.